The number of aromatic nitrogens is 2. The minimum Gasteiger partial charge on any atom is -0.396 e. The van der Waals surface area contributed by atoms with Gasteiger partial charge in [-0.25, -0.2) is 0 Å². The normalized spacial score (nSPS) is 13.7. The van der Waals surface area contributed by atoms with Crippen molar-refractivity contribution >= 4 is 5.69 Å². The van der Waals surface area contributed by atoms with Crippen LogP contribution in [0.5, 0.6) is 0 Å². The monoisotopic (exact) mass is 168 g/mol. The Kier molecular flexibility index (Phi) is 2.70. The summed E-state index contributed by atoms with van der Waals surface area (Å²) >= 11 is 0. The van der Waals surface area contributed by atoms with Crippen molar-refractivity contribution in [3.8, 4) is 0 Å². The van der Waals surface area contributed by atoms with Gasteiger partial charge in [0.1, 0.15) is 0 Å². The summed E-state index contributed by atoms with van der Waals surface area (Å²) in [7, 11) is 0. The van der Waals surface area contributed by atoms with Gasteiger partial charge in [-0.15, -0.1) is 0 Å². The summed E-state index contributed by atoms with van der Waals surface area (Å²) in [6.07, 6.45) is 3.43. The number of rotatable bonds is 3. The number of anilines is 1. The quantitative estimate of drug-likeness (QED) is 0.688. The largest absolute Gasteiger partial charge is 0.396 e. The van der Waals surface area contributed by atoms with E-state index < -0.39 is 0 Å². The third-order valence-electron chi connectivity index (χ3n) is 1.91. The first kappa shape index (κ1) is 9.06. The fraction of sp³-hybridized carbons (Fsp3) is 0.625. The lowest BCUT2D eigenvalue weighted by Gasteiger charge is -2.14. The molecule has 0 saturated heterocycles. The molecule has 0 aliphatic heterocycles. The van der Waals surface area contributed by atoms with E-state index in [0.29, 0.717) is 11.6 Å². The summed E-state index contributed by atoms with van der Waals surface area (Å²) in [5, 5.41) is 4.05. The van der Waals surface area contributed by atoms with Crippen LogP contribution in [0.3, 0.4) is 0 Å². The van der Waals surface area contributed by atoms with Crippen molar-refractivity contribution in [1.82, 2.24) is 9.78 Å². The molecule has 68 valence electrons. The maximum atomic E-state index is 5.86. The average Bonchev–Trinajstić information content (AvgIpc) is 2.35. The maximum Gasteiger partial charge on any atom is 0.0719 e. The molecule has 0 saturated carbocycles. The van der Waals surface area contributed by atoms with Gasteiger partial charge in [-0.1, -0.05) is 13.8 Å². The molecule has 4 heteroatoms. The molecule has 1 rings (SSSR count). The lowest BCUT2D eigenvalue weighted by molar-refractivity contribution is 0.413. The lowest BCUT2D eigenvalue weighted by atomic mass is 10.1. The highest BCUT2D eigenvalue weighted by Gasteiger charge is 2.08. The van der Waals surface area contributed by atoms with E-state index in [1.54, 1.807) is 17.1 Å². The van der Waals surface area contributed by atoms with Gasteiger partial charge in [0, 0.05) is 12.2 Å². The molecule has 12 heavy (non-hydrogen) atoms. The molecule has 0 amide bonds. The molecule has 0 aromatic carbocycles. The molecular formula is C8H16N4. The van der Waals surface area contributed by atoms with Gasteiger partial charge < -0.3 is 11.5 Å². The van der Waals surface area contributed by atoms with E-state index in [4.69, 9.17) is 11.5 Å². The summed E-state index contributed by atoms with van der Waals surface area (Å²) < 4.78 is 1.78. The van der Waals surface area contributed by atoms with Gasteiger partial charge in [0.2, 0.25) is 0 Å². The highest BCUT2D eigenvalue weighted by atomic mass is 15.3. The molecule has 0 fully saturated rings. The third kappa shape index (κ3) is 2.23. The highest BCUT2D eigenvalue weighted by molar-refractivity contribution is 5.30. The van der Waals surface area contributed by atoms with Crippen LogP contribution < -0.4 is 11.5 Å². The summed E-state index contributed by atoms with van der Waals surface area (Å²) in [6.45, 7) is 4.92. The molecule has 0 aliphatic carbocycles. The number of nitrogen functional groups attached to an aromatic ring is 1. The predicted octanol–water partition coefficient (Wildman–Crippen LogP) is 0.449. The van der Waals surface area contributed by atoms with Crippen LogP contribution >= 0.6 is 0 Å². The second kappa shape index (κ2) is 3.58. The van der Waals surface area contributed by atoms with Crippen LogP contribution in [0.2, 0.25) is 0 Å². The predicted molar refractivity (Wildman–Crippen MR) is 49.5 cm³/mol. The molecule has 0 spiro atoms. The zero-order valence-corrected chi connectivity index (χ0v) is 7.57. The first-order chi connectivity index (χ1) is 5.59. The number of hydrogen-bond acceptors (Lipinski definition) is 3. The van der Waals surface area contributed by atoms with Crippen LogP contribution in [0.25, 0.3) is 0 Å². The van der Waals surface area contributed by atoms with E-state index in [-0.39, 0.29) is 6.04 Å². The Labute approximate surface area is 72.5 Å². The van der Waals surface area contributed by atoms with Crippen LogP contribution in [0, 0.1) is 5.92 Å². The molecule has 1 aromatic heterocycles. The van der Waals surface area contributed by atoms with Crippen LogP contribution in [0.4, 0.5) is 5.69 Å². The third-order valence-corrected chi connectivity index (χ3v) is 1.91. The number of hydrogen-bond donors (Lipinski definition) is 2. The van der Waals surface area contributed by atoms with Gasteiger partial charge in [-0.05, 0) is 5.92 Å². The van der Waals surface area contributed by atoms with Gasteiger partial charge in [0.25, 0.3) is 0 Å². The van der Waals surface area contributed by atoms with Crippen molar-refractivity contribution in [2.45, 2.75) is 26.4 Å². The Morgan fingerprint density at radius 3 is 2.67 bits per heavy atom. The minimum absolute atomic E-state index is 0.143. The van der Waals surface area contributed by atoms with Gasteiger partial charge >= 0.3 is 0 Å². The van der Waals surface area contributed by atoms with Crippen molar-refractivity contribution in [3.63, 3.8) is 0 Å². The molecule has 1 aromatic rings. The smallest absolute Gasteiger partial charge is 0.0719 e. The molecular weight excluding hydrogens is 152 g/mol. The summed E-state index contributed by atoms with van der Waals surface area (Å²) in [5.41, 5.74) is 12.0. The fourth-order valence-corrected chi connectivity index (χ4v) is 0.906. The van der Waals surface area contributed by atoms with E-state index in [0.717, 1.165) is 6.54 Å². The molecule has 1 atom stereocenters. The highest BCUT2D eigenvalue weighted by Crippen LogP contribution is 2.03. The zero-order valence-electron chi connectivity index (χ0n) is 7.57. The summed E-state index contributed by atoms with van der Waals surface area (Å²) in [6, 6.07) is 0.143. The van der Waals surface area contributed by atoms with Crippen molar-refractivity contribution in [3.05, 3.63) is 12.4 Å². The molecule has 0 aliphatic rings. The first-order valence-corrected chi connectivity index (χ1v) is 4.13. The molecule has 4 N–H and O–H groups in total. The molecule has 4 nitrogen and oxygen atoms in total. The van der Waals surface area contributed by atoms with Crippen molar-refractivity contribution in [1.29, 1.82) is 0 Å². The first-order valence-electron chi connectivity index (χ1n) is 4.13. The SMILES string of the molecule is CC(C)C(N)Cn1cc(N)cn1. The summed E-state index contributed by atoms with van der Waals surface area (Å²) in [4.78, 5) is 0. The Morgan fingerprint density at radius 1 is 1.58 bits per heavy atom. The van der Waals surface area contributed by atoms with E-state index in [1.807, 2.05) is 0 Å². The van der Waals surface area contributed by atoms with E-state index >= 15 is 0 Å². The topological polar surface area (TPSA) is 69.9 Å². The standard InChI is InChI=1S/C8H16N4/c1-6(2)8(10)5-12-4-7(9)3-11-12/h3-4,6,8H,5,9-10H2,1-2H3. The van der Waals surface area contributed by atoms with E-state index in [1.165, 1.54) is 0 Å². The fourth-order valence-electron chi connectivity index (χ4n) is 0.906. The van der Waals surface area contributed by atoms with E-state index in [9.17, 15) is 0 Å². The van der Waals surface area contributed by atoms with Crippen molar-refractivity contribution in [2.75, 3.05) is 5.73 Å². The Morgan fingerprint density at radius 2 is 2.25 bits per heavy atom. The maximum absolute atomic E-state index is 5.86. The molecule has 1 unspecified atom stereocenters. The van der Waals surface area contributed by atoms with E-state index in [2.05, 4.69) is 18.9 Å². The van der Waals surface area contributed by atoms with Crippen LogP contribution in [0.15, 0.2) is 12.4 Å². The van der Waals surface area contributed by atoms with Gasteiger partial charge in [-0.3, -0.25) is 4.68 Å². The molecule has 1 heterocycles. The Balaban J connectivity index is 2.52. The van der Waals surface area contributed by atoms with Crippen molar-refractivity contribution in [2.24, 2.45) is 11.7 Å². The van der Waals surface area contributed by atoms with Gasteiger partial charge in [0.15, 0.2) is 0 Å². The Hall–Kier alpha value is -1.03. The second-order valence-electron chi connectivity index (χ2n) is 3.40. The average molecular weight is 168 g/mol. The number of nitrogens with two attached hydrogens (primary N) is 2. The van der Waals surface area contributed by atoms with Crippen LogP contribution in [-0.2, 0) is 6.54 Å². The molecule has 0 bridgehead atoms. The van der Waals surface area contributed by atoms with Crippen LogP contribution in [0.1, 0.15) is 13.8 Å². The molecule has 0 radical (unpaired) electrons. The van der Waals surface area contributed by atoms with Crippen molar-refractivity contribution < 1.29 is 0 Å². The Bertz CT molecular complexity index is 241. The summed E-state index contributed by atoms with van der Waals surface area (Å²) in [5.74, 6) is 0.468. The second-order valence-corrected chi connectivity index (χ2v) is 3.40. The van der Waals surface area contributed by atoms with Gasteiger partial charge in [0.05, 0.1) is 18.4 Å². The zero-order chi connectivity index (χ0) is 9.14. The lowest BCUT2D eigenvalue weighted by Crippen LogP contribution is -2.31. The minimum atomic E-state index is 0.143. The number of nitrogens with zero attached hydrogens (tertiary/aromatic N) is 2. The van der Waals surface area contributed by atoms with Gasteiger partial charge in [-0.2, -0.15) is 5.10 Å². The van der Waals surface area contributed by atoms with Crippen LogP contribution in [-0.4, -0.2) is 15.8 Å².